The van der Waals surface area contributed by atoms with Crippen molar-refractivity contribution in [1.82, 2.24) is 9.97 Å². The van der Waals surface area contributed by atoms with Gasteiger partial charge in [0.2, 0.25) is 5.95 Å². The third-order valence-corrected chi connectivity index (χ3v) is 4.18. The van der Waals surface area contributed by atoms with Gasteiger partial charge in [0.05, 0.1) is 12.3 Å². The first-order valence-corrected chi connectivity index (χ1v) is 9.32. The lowest BCUT2D eigenvalue weighted by Crippen LogP contribution is -2.31. The molecule has 0 aliphatic carbocycles. The van der Waals surface area contributed by atoms with Crippen molar-refractivity contribution in [2.45, 2.75) is 20.8 Å². The van der Waals surface area contributed by atoms with Crippen LogP contribution in [-0.2, 0) is 0 Å². The van der Waals surface area contributed by atoms with Crippen molar-refractivity contribution in [1.29, 1.82) is 0 Å². The van der Waals surface area contributed by atoms with Crippen LogP contribution in [0.25, 0.3) is 0 Å². The molecule has 0 fully saturated rings. The van der Waals surface area contributed by atoms with Gasteiger partial charge in [0.1, 0.15) is 11.4 Å². The maximum Gasteiger partial charge on any atom is 0.277 e. The summed E-state index contributed by atoms with van der Waals surface area (Å²) in [6, 6.07) is 17.0. The predicted octanol–water partition coefficient (Wildman–Crippen LogP) is 4.59. The minimum atomic E-state index is -0.170. The largest absolute Gasteiger partial charge is 0.492 e. The number of para-hydroxylation sites is 2. The molecule has 1 N–H and O–H groups in total. The number of nitrogens with zero attached hydrogens (tertiary/aromatic N) is 3. The monoisotopic (exact) mass is 376 g/mol. The minimum absolute atomic E-state index is 0.170. The number of carbonyl (C=O) groups excluding carboxylic acids is 1. The fourth-order valence-corrected chi connectivity index (χ4v) is 2.89. The summed E-state index contributed by atoms with van der Waals surface area (Å²) in [4.78, 5) is 23.4. The number of hydrogen-bond donors (Lipinski definition) is 1. The number of nitrogens with one attached hydrogen (secondary N) is 1. The topological polar surface area (TPSA) is 67.3 Å². The second kappa shape index (κ2) is 8.99. The first kappa shape index (κ1) is 19.4. The van der Waals surface area contributed by atoms with E-state index in [4.69, 9.17) is 4.74 Å². The number of hydrogen-bond acceptors (Lipinski definition) is 5. The molecule has 0 saturated carbocycles. The van der Waals surface area contributed by atoms with E-state index in [1.165, 1.54) is 0 Å². The first-order chi connectivity index (χ1) is 13.6. The minimum Gasteiger partial charge on any atom is -0.492 e. The Bertz CT molecular complexity index is 959. The molecule has 6 heteroatoms. The van der Waals surface area contributed by atoms with Crippen LogP contribution in [0.3, 0.4) is 0 Å². The van der Waals surface area contributed by atoms with E-state index in [9.17, 15) is 4.79 Å². The van der Waals surface area contributed by atoms with Crippen LogP contribution in [0.2, 0.25) is 0 Å². The summed E-state index contributed by atoms with van der Waals surface area (Å²) >= 11 is 0. The maximum atomic E-state index is 13.0. The molecule has 28 heavy (non-hydrogen) atoms. The molecular weight excluding hydrogens is 352 g/mol. The number of aryl methyl sites for hydroxylation is 1. The Hall–Kier alpha value is -3.41. The average molecular weight is 376 g/mol. The zero-order valence-electron chi connectivity index (χ0n) is 16.3. The summed E-state index contributed by atoms with van der Waals surface area (Å²) in [6.45, 7) is 6.97. The Kier molecular flexibility index (Phi) is 6.22. The average Bonchev–Trinajstić information content (AvgIpc) is 2.70. The van der Waals surface area contributed by atoms with Gasteiger partial charge in [-0.15, -0.1) is 0 Å². The number of ether oxygens (including phenoxy) is 1. The van der Waals surface area contributed by atoms with Gasteiger partial charge in [0.15, 0.2) is 0 Å². The van der Waals surface area contributed by atoms with Crippen LogP contribution in [-0.4, -0.2) is 29.0 Å². The number of anilines is 3. The molecule has 0 atom stereocenters. The molecular formula is C22H24N4O2. The highest BCUT2D eigenvalue weighted by Gasteiger charge is 2.18. The Labute approximate surface area is 165 Å². The molecule has 6 nitrogen and oxygen atoms in total. The summed E-state index contributed by atoms with van der Waals surface area (Å²) in [5.74, 6) is 0.884. The molecule has 0 saturated heterocycles. The molecule has 0 aliphatic rings. The molecule has 1 heterocycles. The summed E-state index contributed by atoms with van der Waals surface area (Å²) in [6.07, 6.45) is 1.58. The lowest BCUT2D eigenvalue weighted by Gasteiger charge is -2.21. The van der Waals surface area contributed by atoms with Gasteiger partial charge in [-0.1, -0.05) is 24.3 Å². The van der Waals surface area contributed by atoms with E-state index in [0.717, 1.165) is 16.9 Å². The van der Waals surface area contributed by atoms with Crippen molar-refractivity contribution in [3.05, 3.63) is 72.1 Å². The van der Waals surface area contributed by atoms with Crippen LogP contribution in [0.15, 0.2) is 60.8 Å². The molecule has 0 aliphatic heterocycles. The normalized spacial score (nSPS) is 10.4. The van der Waals surface area contributed by atoms with Crippen LogP contribution in [0, 0.1) is 6.92 Å². The van der Waals surface area contributed by atoms with E-state index < -0.39 is 0 Å². The van der Waals surface area contributed by atoms with Crippen molar-refractivity contribution in [2.75, 3.05) is 23.4 Å². The molecule has 1 aromatic heterocycles. The number of rotatable bonds is 7. The van der Waals surface area contributed by atoms with Crippen LogP contribution in [0.5, 0.6) is 5.75 Å². The molecule has 0 bridgehead atoms. The maximum absolute atomic E-state index is 13.0. The SMILES string of the molecule is CCOc1ccccc1Nc1nccc(C(=O)N(CC)c2cccc(C)c2)n1. The molecule has 3 aromatic rings. The molecule has 0 unspecified atom stereocenters. The second-order valence-electron chi connectivity index (χ2n) is 6.21. The van der Waals surface area contributed by atoms with E-state index in [1.54, 1.807) is 17.2 Å². The smallest absolute Gasteiger partial charge is 0.277 e. The Morgan fingerprint density at radius 2 is 1.93 bits per heavy atom. The van der Waals surface area contributed by atoms with E-state index in [0.29, 0.717) is 30.5 Å². The van der Waals surface area contributed by atoms with Crippen molar-refractivity contribution in [3.63, 3.8) is 0 Å². The van der Waals surface area contributed by atoms with E-state index in [-0.39, 0.29) is 5.91 Å². The lowest BCUT2D eigenvalue weighted by atomic mass is 10.2. The van der Waals surface area contributed by atoms with Crippen molar-refractivity contribution < 1.29 is 9.53 Å². The Morgan fingerprint density at radius 1 is 1.11 bits per heavy atom. The molecule has 2 aromatic carbocycles. The van der Waals surface area contributed by atoms with Gasteiger partial charge in [-0.05, 0) is 56.7 Å². The van der Waals surface area contributed by atoms with Crippen LogP contribution in [0.1, 0.15) is 29.9 Å². The van der Waals surface area contributed by atoms with Crippen LogP contribution < -0.4 is 15.0 Å². The third-order valence-electron chi connectivity index (χ3n) is 4.18. The Balaban J connectivity index is 1.85. The number of aromatic nitrogens is 2. The van der Waals surface area contributed by atoms with E-state index in [2.05, 4.69) is 15.3 Å². The van der Waals surface area contributed by atoms with Crippen molar-refractivity contribution >= 4 is 23.2 Å². The summed E-state index contributed by atoms with van der Waals surface area (Å²) in [7, 11) is 0. The zero-order chi connectivity index (χ0) is 19.9. The van der Waals surface area contributed by atoms with Gasteiger partial charge >= 0.3 is 0 Å². The fourth-order valence-electron chi connectivity index (χ4n) is 2.89. The van der Waals surface area contributed by atoms with Crippen LogP contribution in [0.4, 0.5) is 17.3 Å². The lowest BCUT2D eigenvalue weighted by molar-refractivity contribution is 0.0983. The zero-order valence-corrected chi connectivity index (χ0v) is 16.3. The van der Waals surface area contributed by atoms with Crippen molar-refractivity contribution in [3.8, 4) is 5.75 Å². The number of amides is 1. The fraction of sp³-hybridized carbons (Fsp3) is 0.227. The molecule has 3 rings (SSSR count). The van der Waals surface area contributed by atoms with Gasteiger partial charge in [-0.25, -0.2) is 9.97 Å². The highest BCUT2D eigenvalue weighted by molar-refractivity contribution is 6.04. The molecule has 0 radical (unpaired) electrons. The molecule has 1 amide bonds. The number of benzene rings is 2. The van der Waals surface area contributed by atoms with Gasteiger partial charge in [0, 0.05) is 18.4 Å². The quantitative estimate of drug-likeness (QED) is 0.653. The number of carbonyl (C=O) groups is 1. The molecule has 0 spiro atoms. The first-order valence-electron chi connectivity index (χ1n) is 9.32. The third kappa shape index (κ3) is 4.46. The standard InChI is InChI=1S/C22H24N4O2/c1-4-26(17-10-8-9-16(3)15-17)21(27)19-13-14-23-22(25-19)24-18-11-6-7-12-20(18)28-5-2/h6-15H,4-5H2,1-3H3,(H,23,24,25). The van der Waals surface area contributed by atoms with Crippen LogP contribution >= 0.6 is 0 Å². The van der Waals surface area contributed by atoms with Crippen molar-refractivity contribution in [2.24, 2.45) is 0 Å². The second-order valence-corrected chi connectivity index (χ2v) is 6.21. The summed E-state index contributed by atoms with van der Waals surface area (Å²) < 4.78 is 5.62. The van der Waals surface area contributed by atoms with Gasteiger partial charge in [0.25, 0.3) is 5.91 Å². The van der Waals surface area contributed by atoms with Gasteiger partial charge < -0.3 is 15.0 Å². The Morgan fingerprint density at radius 3 is 2.68 bits per heavy atom. The highest BCUT2D eigenvalue weighted by atomic mass is 16.5. The van der Waals surface area contributed by atoms with E-state index in [1.807, 2.05) is 69.3 Å². The summed E-state index contributed by atoms with van der Waals surface area (Å²) in [5.41, 5.74) is 3.03. The van der Waals surface area contributed by atoms with E-state index >= 15 is 0 Å². The highest BCUT2D eigenvalue weighted by Crippen LogP contribution is 2.26. The molecule has 144 valence electrons. The predicted molar refractivity (Wildman–Crippen MR) is 111 cm³/mol. The van der Waals surface area contributed by atoms with Gasteiger partial charge in [-0.2, -0.15) is 0 Å². The summed E-state index contributed by atoms with van der Waals surface area (Å²) in [5, 5.41) is 3.14. The van der Waals surface area contributed by atoms with Gasteiger partial charge in [-0.3, -0.25) is 4.79 Å².